The van der Waals surface area contributed by atoms with E-state index in [0.717, 1.165) is 51.9 Å². The SMILES string of the molecule is O=C1NCCNC(=O)[C@@H]2CCCN2C/C=C/CN2CCC[C@@H]12. The molecule has 2 fully saturated rings. The third-order valence-corrected chi connectivity index (χ3v) is 4.90. The minimum Gasteiger partial charge on any atom is -0.353 e. The summed E-state index contributed by atoms with van der Waals surface area (Å²) in [6.45, 7) is 4.65. The third kappa shape index (κ3) is 3.50. The number of fused-ring (bicyclic) bond motifs is 2. The molecule has 0 aromatic heterocycles. The van der Waals surface area contributed by atoms with Gasteiger partial charge in [0.05, 0.1) is 12.1 Å². The van der Waals surface area contributed by atoms with Crippen LogP contribution in [0.5, 0.6) is 0 Å². The van der Waals surface area contributed by atoms with Gasteiger partial charge in [-0.2, -0.15) is 0 Å². The van der Waals surface area contributed by atoms with Gasteiger partial charge in [0.1, 0.15) is 0 Å². The van der Waals surface area contributed by atoms with E-state index in [4.69, 9.17) is 0 Å². The van der Waals surface area contributed by atoms with Crippen LogP contribution in [0.25, 0.3) is 0 Å². The van der Waals surface area contributed by atoms with Crippen LogP contribution >= 0.6 is 0 Å². The largest absolute Gasteiger partial charge is 0.353 e. The monoisotopic (exact) mass is 306 g/mol. The van der Waals surface area contributed by atoms with Gasteiger partial charge >= 0.3 is 0 Å². The molecule has 0 radical (unpaired) electrons. The zero-order valence-corrected chi connectivity index (χ0v) is 13.1. The second-order valence-electron chi connectivity index (χ2n) is 6.36. The van der Waals surface area contributed by atoms with E-state index in [0.29, 0.717) is 13.1 Å². The number of nitrogens with zero attached hydrogens (tertiary/aromatic N) is 2. The van der Waals surface area contributed by atoms with Crippen molar-refractivity contribution in [1.29, 1.82) is 0 Å². The summed E-state index contributed by atoms with van der Waals surface area (Å²) in [6, 6.07) is -0.0225. The molecule has 2 atom stereocenters. The van der Waals surface area contributed by atoms with Gasteiger partial charge in [0.15, 0.2) is 0 Å². The Bertz CT molecular complexity index is 411. The molecule has 0 aliphatic carbocycles. The molecule has 3 rings (SSSR count). The average molecular weight is 306 g/mol. The van der Waals surface area contributed by atoms with Crippen LogP contribution in [0.3, 0.4) is 0 Å². The molecule has 0 unspecified atom stereocenters. The minimum absolute atomic E-state index is 0.0113. The van der Waals surface area contributed by atoms with Crippen LogP contribution in [0.15, 0.2) is 12.2 Å². The zero-order valence-electron chi connectivity index (χ0n) is 13.1. The molecule has 0 saturated carbocycles. The van der Waals surface area contributed by atoms with Crippen molar-refractivity contribution in [2.24, 2.45) is 0 Å². The smallest absolute Gasteiger partial charge is 0.237 e. The summed E-state index contributed by atoms with van der Waals surface area (Å²) in [4.78, 5) is 29.0. The highest BCUT2D eigenvalue weighted by Gasteiger charge is 2.31. The first-order valence-electron chi connectivity index (χ1n) is 8.44. The van der Waals surface area contributed by atoms with Crippen LogP contribution in [0.1, 0.15) is 25.7 Å². The maximum Gasteiger partial charge on any atom is 0.237 e. The molecule has 22 heavy (non-hydrogen) atoms. The second-order valence-corrected chi connectivity index (χ2v) is 6.36. The van der Waals surface area contributed by atoms with Crippen molar-refractivity contribution in [2.75, 3.05) is 39.3 Å². The molecular weight excluding hydrogens is 280 g/mol. The van der Waals surface area contributed by atoms with Crippen molar-refractivity contribution in [2.45, 2.75) is 37.8 Å². The van der Waals surface area contributed by atoms with E-state index >= 15 is 0 Å². The van der Waals surface area contributed by atoms with Crippen molar-refractivity contribution in [1.82, 2.24) is 20.4 Å². The molecule has 6 heteroatoms. The Morgan fingerprint density at radius 3 is 1.73 bits per heavy atom. The fourth-order valence-electron chi connectivity index (χ4n) is 3.71. The summed E-state index contributed by atoms with van der Waals surface area (Å²) < 4.78 is 0. The number of carbonyl (C=O) groups excluding carboxylic acids is 2. The van der Waals surface area contributed by atoms with Crippen molar-refractivity contribution in [3.05, 3.63) is 12.2 Å². The van der Waals surface area contributed by atoms with Gasteiger partial charge in [-0.15, -0.1) is 0 Å². The predicted molar refractivity (Wildman–Crippen MR) is 84.3 cm³/mol. The van der Waals surface area contributed by atoms with Crippen LogP contribution in [-0.4, -0.2) is 73.0 Å². The summed E-state index contributed by atoms with van der Waals surface area (Å²) in [5, 5.41) is 5.91. The van der Waals surface area contributed by atoms with E-state index < -0.39 is 0 Å². The molecule has 3 heterocycles. The Balaban J connectivity index is 1.67. The summed E-state index contributed by atoms with van der Waals surface area (Å²) >= 11 is 0. The van der Waals surface area contributed by atoms with Crippen LogP contribution in [0.2, 0.25) is 0 Å². The Morgan fingerprint density at radius 1 is 0.818 bits per heavy atom. The van der Waals surface area contributed by atoms with E-state index in [9.17, 15) is 9.59 Å². The van der Waals surface area contributed by atoms with Gasteiger partial charge in [-0.05, 0) is 38.8 Å². The second kappa shape index (κ2) is 7.24. The Hall–Kier alpha value is -1.40. The summed E-state index contributed by atoms with van der Waals surface area (Å²) in [7, 11) is 0. The highest BCUT2D eigenvalue weighted by atomic mass is 16.2. The summed E-state index contributed by atoms with van der Waals surface area (Å²) in [6.07, 6.45) is 8.31. The Kier molecular flexibility index (Phi) is 5.10. The first-order chi connectivity index (χ1) is 10.8. The average Bonchev–Trinajstić information content (AvgIpc) is 3.15. The molecule has 0 aromatic carbocycles. The minimum atomic E-state index is -0.0113. The third-order valence-electron chi connectivity index (χ3n) is 4.90. The van der Waals surface area contributed by atoms with E-state index in [2.05, 4.69) is 32.6 Å². The number of rotatable bonds is 0. The lowest BCUT2D eigenvalue weighted by atomic mass is 10.2. The lowest BCUT2D eigenvalue weighted by Gasteiger charge is -2.25. The van der Waals surface area contributed by atoms with Gasteiger partial charge in [-0.25, -0.2) is 0 Å². The molecule has 0 spiro atoms. The number of hydrogen-bond donors (Lipinski definition) is 2. The van der Waals surface area contributed by atoms with Crippen molar-refractivity contribution in [3.8, 4) is 0 Å². The van der Waals surface area contributed by atoms with Crippen LogP contribution in [0.4, 0.5) is 0 Å². The van der Waals surface area contributed by atoms with Crippen molar-refractivity contribution >= 4 is 11.8 Å². The number of hydrogen-bond acceptors (Lipinski definition) is 4. The first-order valence-corrected chi connectivity index (χ1v) is 8.44. The molecule has 2 N–H and O–H groups in total. The molecule has 3 aliphatic heterocycles. The number of carbonyl (C=O) groups is 2. The van der Waals surface area contributed by atoms with Gasteiger partial charge in [-0.1, -0.05) is 12.2 Å². The van der Waals surface area contributed by atoms with E-state index in [1.54, 1.807) is 0 Å². The van der Waals surface area contributed by atoms with Crippen LogP contribution in [-0.2, 0) is 9.59 Å². The van der Waals surface area contributed by atoms with Crippen LogP contribution < -0.4 is 10.6 Å². The number of nitrogens with one attached hydrogen (secondary N) is 2. The topological polar surface area (TPSA) is 64.7 Å². The van der Waals surface area contributed by atoms with Gasteiger partial charge in [0.25, 0.3) is 0 Å². The summed E-state index contributed by atoms with van der Waals surface area (Å²) in [5.41, 5.74) is 0. The van der Waals surface area contributed by atoms with E-state index in [1.165, 1.54) is 0 Å². The summed E-state index contributed by atoms with van der Waals surface area (Å²) in [5.74, 6) is 0.194. The molecule has 6 nitrogen and oxygen atoms in total. The molecule has 0 bridgehead atoms. The molecule has 2 amide bonds. The lowest BCUT2D eigenvalue weighted by Crippen LogP contribution is -2.48. The van der Waals surface area contributed by atoms with Crippen molar-refractivity contribution < 1.29 is 9.59 Å². The predicted octanol–water partition coefficient (Wildman–Crippen LogP) is -0.283. The van der Waals surface area contributed by atoms with Gasteiger partial charge < -0.3 is 10.6 Å². The quantitative estimate of drug-likeness (QED) is 0.604. The van der Waals surface area contributed by atoms with Crippen molar-refractivity contribution in [3.63, 3.8) is 0 Å². The maximum atomic E-state index is 12.2. The molecule has 2 saturated heterocycles. The fourth-order valence-corrected chi connectivity index (χ4v) is 3.71. The first kappa shape index (κ1) is 15.5. The standard InChI is InChI=1S/C16H26N4O2/c21-15-13-5-3-11-19(13)9-1-2-10-20-12-4-6-14(20)16(22)18-8-7-17-15/h1-2,13-14H,3-12H2,(H,17,21)(H,18,22)/b2-1+/t13-,14-/m0/s1. The van der Waals surface area contributed by atoms with E-state index in [1.807, 2.05) is 0 Å². The van der Waals surface area contributed by atoms with Crippen LogP contribution in [0, 0.1) is 0 Å². The van der Waals surface area contributed by atoms with Gasteiger partial charge in [0.2, 0.25) is 11.8 Å². The normalized spacial score (nSPS) is 33.5. The van der Waals surface area contributed by atoms with E-state index in [-0.39, 0.29) is 23.9 Å². The maximum absolute atomic E-state index is 12.2. The Morgan fingerprint density at radius 2 is 1.27 bits per heavy atom. The highest BCUT2D eigenvalue weighted by Crippen LogP contribution is 2.18. The van der Waals surface area contributed by atoms with Gasteiger partial charge in [0, 0.05) is 26.2 Å². The zero-order chi connectivity index (χ0) is 15.4. The highest BCUT2D eigenvalue weighted by molar-refractivity contribution is 5.83. The molecule has 122 valence electrons. The number of amides is 2. The molecule has 0 aromatic rings. The Labute approximate surface area is 131 Å². The fraction of sp³-hybridized carbons (Fsp3) is 0.750. The van der Waals surface area contributed by atoms with Gasteiger partial charge in [-0.3, -0.25) is 19.4 Å². The molecular formula is C16H26N4O2. The molecule has 3 aliphatic rings. The lowest BCUT2D eigenvalue weighted by molar-refractivity contribution is -0.127.